The quantitative estimate of drug-likeness (QED) is 0.367. The van der Waals surface area contributed by atoms with E-state index in [0.717, 1.165) is 5.56 Å². The maximum absolute atomic E-state index is 13.3. The molecular formula is C25H24F2N4O5. The number of fused-ring (bicyclic) bond motifs is 1. The molecule has 9 nitrogen and oxygen atoms in total. The lowest BCUT2D eigenvalue weighted by Gasteiger charge is -2.13. The highest BCUT2D eigenvalue weighted by Gasteiger charge is 2.43. The summed E-state index contributed by atoms with van der Waals surface area (Å²) in [6.45, 7) is 1.24. The highest BCUT2D eigenvalue weighted by molar-refractivity contribution is 6.08. The van der Waals surface area contributed by atoms with Crippen molar-refractivity contribution < 1.29 is 32.6 Å². The monoisotopic (exact) mass is 498 g/mol. The van der Waals surface area contributed by atoms with Crippen LogP contribution in [0.15, 0.2) is 60.8 Å². The number of ether oxygens (including phenoxy) is 3. The molecule has 11 heteroatoms. The molecule has 2 aromatic carbocycles. The molecule has 2 amide bonds. The van der Waals surface area contributed by atoms with E-state index in [1.54, 1.807) is 37.6 Å². The van der Waals surface area contributed by atoms with Crippen molar-refractivity contribution in [3.8, 4) is 11.5 Å². The van der Waals surface area contributed by atoms with Crippen LogP contribution in [0.25, 0.3) is 0 Å². The summed E-state index contributed by atoms with van der Waals surface area (Å²) < 4.78 is 40.2. The molecule has 0 aliphatic carbocycles. The van der Waals surface area contributed by atoms with Crippen molar-refractivity contribution in [1.82, 2.24) is 10.3 Å². The van der Waals surface area contributed by atoms with Gasteiger partial charge in [-0.2, -0.15) is 0 Å². The average Bonchev–Trinajstić information content (AvgIpc) is 3.16. The lowest BCUT2D eigenvalue weighted by molar-refractivity contribution is -0.286. The minimum absolute atomic E-state index is 0.107. The number of carbonyl (C=O) groups is 2. The molecule has 0 radical (unpaired) electrons. The predicted octanol–water partition coefficient (Wildman–Crippen LogP) is 3.57. The van der Waals surface area contributed by atoms with Crippen LogP contribution in [0.2, 0.25) is 0 Å². The van der Waals surface area contributed by atoms with E-state index < -0.39 is 12.2 Å². The van der Waals surface area contributed by atoms with E-state index in [4.69, 9.17) is 4.74 Å². The Balaban J connectivity index is 1.38. The van der Waals surface area contributed by atoms with Gasteiger partial charge in [0.25, 0.3) is 5.91 Å². The Hall–Kier alpha value is -4.25. The normalized spacial score (nSPS) is 13.2. The lowest BCUT2D eigenvalue weighted by Crippen LogP contribution is -2.28. The summed E-state index contributed by atoms with van der Waals surface area (Å²) in [7, 11) is 1.56. The summed E-state index contributed by atoms with van der Waals surface area (Å²) in [4.78, 5) is 29.2. The summed E-state index contributed by atoms with van der Waals surface area (Å²) in [6.07, 6.45) is -1.98. The molecule has 4 rings (SSSR count). The van der Waals surface area contributed by atoms with Gasteiger partial charge in [0, 0.05) is 49.5 Å². The second-order valence-corrected chi connectivity index (χ2v) is 7.86. The SMILES string of the molecule is COCCNC(=O)Cc1cc(CNc2ccccc2C(=O)Nc2ccc3c(c2)OC(F)(F)O3)ccn1. The van der Waals surface area contributed by atoms with Crippen LogP contribution in [0.5, 0.6) is 11.5 Å². The van der Waals surface area contributed by atoms with E-state index in [1.165, 1.54) is 18.2 Å². The molecule has 0 saturated heterocycles. The molecule has 36 heavy (non-hydrogen) atoms. The Morgan fingerprint density at radius 1 is 1.06 bits per heavy atom. The van der Waals surface area contributed by atoms with Crippen LogP contribution in [-0.4, -0.2) is 43.4 Å². The third kappa shape index (κ3) is 6.45. The number of halogens is 2. The third-order valence-electron chi connectivity index (χ3n) is 5.16. The van der Waals surface area contributed by atoms with E-state index in [-0.39, 0.29) is 29.5 Å². The first-order chi connectivity index (χ1) is 17.3. The molecule has 1 aromatic heterocycles. The number of amides is 2. The number of anilines is 2. The Morgan fingerprint density at radius 2 is 1.86 bits per heavy atom. The van der Waals surface area contributed by atoms with Crippen LogP contribution in [0.4, 0.5) is 20.2 Å². The van der Waals surface area contributed by atoms with Gasteiger partial charge in [0.1, 0.15) is 0 Å². The first kappa shape index (κ1) is 24.9. The van der Waals surface area contributed by atoms with Gasteiger partial charge in [-0.25, -0.2) is 0 Å². The van der Waals surface area contributed by atoms with Crippen LogP contribution in [0, 0.1) is 0 Å². The number of alkyl halides is 2. The molecular weight excluding hydrogens is 474 g/mol. The minimum atomic E-state index is -3.73. The van der Waals surface area contributed by atoms with Crippen LogP contribution in [0.1, 0.15) is 21.6 Å². The number of rotatable bonds is 10. The van der Waals surface area contributed by atoms with E-state index in [1.807, 2.05) is 12.1 Å². The molecule has 0 fully saturated rings. The van der Waals surface area contributed by atoms with Crippen LogP contribution < -0.4 is 25.4 Å². The third-order valence-corrected chi connectivity index (χ3v) is 5.16. The van der Waals surface area contributed by atoms with Gasteiger partial charge in [-0.1, -0.05) is 12.1 Å². The Morgan fingerprint density at radius 3 is 2.69 bits per heavy atom. The average molecular weight is 498 g/mol. The summed E-state index contributed by atoms with van der Waals surface area (Å²) in [6, 6.07) is 14.5. The summed E-state index contributed by atoms with van der Waals surface area (Å²) in [5, 5.41) is 8.66. The van der Waals surface area contributed by atoms with Gasteiger partial charge in [0.2, 0.25) is 5.91 Å². The number of hydrogen-bond donors (Lipinski definition) is 3. The van der Waals surface area contributed by atoms with E-state index >= 15 is 0 Å². The number of nitrogens with one attached hydrogen (secondary N) is 3. The van der Waals surface area contributed by atoms with E-state index in [2.05, 4.69) is 30.4 Å². The largest absolute Gasteiger partial charge is 0.586 e. The van der Waals surface area contributed by atoms with Gasteiger partial charge in [0.15, 0.2) is 11.5 Å². The molecule has 3 aromatic rings. The van der Waals surface area contributed by atoms with Crippen molar-refractivity contribution in [2.45, 2.75) is 19.3 Å². The fourth-order valence-electron chi connectivity index (χ4n) is 3.51. The molecule has 2 heterocycles. The summed E-state index contributed by atoms with van der Waals surface area (Å²) >= 11 is 0. The van der Waals surface area contributed by atoms with Crippen molar-refractivity contribution in [3.63, 3.8) is 0 Å². The second-order valence-electron chi connectivity index (χ2n) is 7.86. The number of nitrogens with zero attached hydrogens (tertiary/aromatic N) is 1. The van der Waals surface area contributed by atoms with Gasteiger partial charge in [-0.3, -0.25) is 14.6 Å². The molecule has 0 spiro atoms. The molecule has 1 aliphatic rings. The van der Waals surface area contributed by atoms with Gasteiger partial charge in [0.05, 0.1) is 18.6 Å². The predicted molar refractivity (Wildman–Crippen MR) is 127 cm³/mol. The zero-order valence-corrected chi connectivity index (χ0v) is 19.3. The Labute approximate surface area is 205 Å². The highest BCUT2D eigenvalue weighted by atomic mass is 19.3. The van der Waals surface area contributed by atoms with Crippen molar-refractivity contribution in [1.29, 1.82) is 0 Å². The zero-order chi connectivity index (χ0) is 25.5. The minimum Gasteiger partial charge on any atom is -0.395 e. The lowest BCUT2D eigenvalue weighted by atomic mass is 10.1. The number of pyridine rings is 1. The van der Waals surface area contributed by atoms with Crippen molar-refractivity contribution in [2.24, 2.45) is 0 Å². The number of aromatic nitrogens is 1. The number of benzene rings is 2. The first-order valence-corrected chi connectivity index (χ1v) is 11.1. The maximum atomic E-state index is 13.3. The van der Waals surface area contributed by atoms with Crippen LogP contribution in [-0.2, 0) is 22.5 Å². The fraction of sp³-hybridized carbons (Fsp3) is 0.240. The van der Waals surface area contributed by atoms with Gasteiger partial charge < -0.3 is 30.2 Å². The number of carbonyl (C=O) groups excluding carboxylic acids is 2. The maximum Gasteiger partial charge on any atom is 0.586 e. The highest BCUT2D eigenvalue weighted by Crippen LogP contribution is 2.42. The van der Waals surface area contributed by atoms with Crippen LogP contribution >= 0.6 is 0 Å². The van der Waals surface area contributed by atoms with Gasteiger partial charge >= 0.3 is 6.29 Å². The summed E-state index contributed by atoms with van der Waals surface area (Å²) in [5.74, 6) is -0.861. The zero-order valence-electron chi connectivity index (χ0n) is 19.3. The van der Waals surface area contributed by atoms with Gasteiger partial charge in [-0.15, -0.1) is 8.78 Å². The molecule has 0 unspecified atom stereocenters. The van der Waals surface area contributed by atoms with Crippen molar-refractivity contribution in [3.05, 3.63) is 77.6 Å². The Bertz CT molecular complexity index is 1250. The smallest absolute Gasteiger partial charge is 0.395 e. The number of methoxy groups -OCH3 is 1. The number of hydrogen-bond acceptors (Lipinski definition) is 7. The molecule has 1 aliphatic heterocycles. The molecule has 0 saturated carbocycles. The van der Waals surface area contributed by atoms with Gasteiger partial charge in [-0.05, 0) is 42.0 Å². The standard InChI is InChI=1S/C25H24F2N4O5/c1-34-11-10-29-23(32)14-18-12-16(8-9-28-18)15-30-20-5-3-2-4-19(20)24(33)31-17-6-7-21-22(13-17)36-25(26,27)35-21/h2-9,12-13,30H,10-11,14-15H2,1H3,(H,29,32)(H,31,33). The van der Waals surface area contributed by atoms with E-state index in [9.17, 15) is 18.4 Å². The Kier molecular flexibility index (Phi) is 7.59. The molecule has 188 valence electrons. The summed E-state index contributed by atoms with van der Waals surface area (Å²) in [5.41, 5.74) is 2.68. The van der Waals surface area contributed by atoms with Crippen LogP contribution in [0.3, 0.4) is 0 Å². The fourth-order valence-corrected chi connectivity index (χ4v) is 3.51. The van der Waals surface area contributed by atoms with Crippen molar-refractivity contribution in [2.75, 3.05) is 30.9 Å². The molecule has 0 bridgehead atoms. The van der Waals surface area contributed by atoms with Crippen molar-refractivity contribution >= 4 is 23.2 Å². The molecule has 0 atom stereocenters. The molecule has 3 N–H and O–H groups in total. The van der Waals surface area contributed by atoms with E-state index in [0.29, 0.717) is 36.6 Å². The topological polar surface area (TPSA) is 111 Å². The second kappa shape index (κ2) is 11.0. The number of para-hydroxylation sites is 1. The first-order valence-electron chi connectivity index (χ1n) is 11.1.